The molecular formula is C15H21N3O. The van der Waals surface area contributed by atoms with Crippen LogP contribution in [0.2, 0.25) is 0 Å². The van der Waals surface area contributed by atoms with Crippen molar-refractivity contribution in [2.75, 3.05) is 39.4 Å². The molecule has 0 bridgehead atoms. The zero-order valence-electron chi connectivity index (χ0n) is 11.5. The third-order valence-corrected chi connectivity index (χ3v) is 3.50. The predicted molar refractivity (Wildman–Crippen MR) is 74.9 cm³/mol. The lowest BCUT2D eigenvalue weighted by Crippen LogP contribution is -2.40. The van der Waals surface area contributed by atoms with Gasteiger partial charge in [-0.05, 0) is 30.2 Å². The van der Waals surface area contributed by atoms with Gasteiger partial charge in [-0.3, -0.25) is 4.90 Å². The van der Waals surface area contributed by atoms with Gasteiger partial charge in [-0.1, -0.05) is 6.07 Å². The molecule has 2 rings (SSSR count). The molecule has 4 heteroatoms. The second-order valence-corrected chi connectivity index (χ2v) is 4.88. The number of hydrogen-bond donors (Lipinski definition) is 1. The van der Waals surface area contributed by atoms with Gasteiger partial charge < -0.3 is 10.1 Å². The monoisotopic (exact) mass is 259 g/mol. The van der Waals surface area contributed by atoms with Gasteiger partial charge in [0.05, 0.1) is 24.8 Å². The van der Waals surface area contributed by atoms with Crippen molar-refractivity contribution in [3.05, 3.63) is 34.9 Å². The van der Waals surface area contributed by atoms with E-state index < -0.39 is 0 Å². The predicted octanol–water partition coefficient (Wildman–Crippen LogP) is 1.29. The number of hydrogen-bond acceptors (Lipinski definition) is 4. The topological polar surface area (TPSA) is 48.3 Å². The van der Waals surface area contributed by atoms with Crippen LogP contribution in [-0.4, -0.2) is 44.3 Å². The molecule has 1 saturated heterocycles. The third kappa shape index (κ3) is 4.32. The van der Waals surface area contributed by atoms with Gasteiger partial charge in [-0.2, -0.15) is 5.26 Å². The molecular weight excluding hydrogens is 238 g/mol. The van der Waals surface area contributed by atoms with E-state index in [-0.39, 0.29) is 0 Å². The van der Waals surface area contributed by atoms with Crippen LogP contribution >= 0.6 is 0 Å². The maximum absolute atomic E-state index is 8.83. The molecule has 0 aliphatic carbocycles. The summed E-state index contributed by atoms with van der Waals surface area (Å²) in [7, 11) is 0. The van der Waals surface area contributed by atoms with Crippen molar-refractivity contribution < 1.29 is 4.74 Å². The Balaban J connectivity index is 1.72. The van der Waals surface area contributed by atoms with E-state index in [2.05, 4.69) is 23.2 Å². The largest absolute Gasteiger partial charge is 0.379 e. The van der Waals surface area contributed by atoms with Gasteiger partial charge in [0.2, 0.25) is 0 Å². The van der Waals surface area contributed by atoms with Crippen LogP contribution in [0.25, 0.3) is 0 Å². The molecule has 1 aliphatic heterocycles. The molecule has 19 heavy (non-hydrogen) atoms. The summed E-state index contributed by atoms with van der Waals surface area (Å²) in [5.74, 6) is 0. The highest BCUT2D eigenvalue weighted by Crippen LogP contribution is 2.10. The van der Waals surface area contributed by atoms with Crippen LogP contribution in [0.15, 0.2) is 18.2 Å². The molecule has 0 spiro atoms. The molecule has 4 nitrogen and oxygen atoms in total. The fraction of sp³-hybridized carbons (Fsp3) is 0.533. The minimum Gasteiger partial charge on any atom is -0.379 e. The Hall–Kier alpha value is -1.41. The van der Waals surface area contributed by atoms with E-state index in [1.54, 1.807) is 0 Å². The minimum atomic E-state index is 0.731. The van der Waals surface area contributed by atoms with E-state index in [4.69, 9.17) is 10.00 Å². The van der Waals surface area contributed by atoms with E-state index in [0.717, 1.165) is 51.5 Å². The van der Waals surface area contributed by atoms with Gasteiger partial charge in [0, 0.05) is 32.7 Å². The fourth-order valence-corrected chi connectivity index (χ4v) is 2.25. The van der Waals surface area contributed by atoms with Gasteiger partial charge in [-0.25, -0.2) is 0 Å². The van der Waals surface area contributed by atoms with E-state index in [1.165, 1.54) is 11.1 Å². The molecule has 1 aliphatic rings. The molecule has 1 N–H and O–H groups in total. The van der Waals surface area contributed by atoms with Gasteiger partial charge in [0.1, 0.15) is 0 Å². The van der Waals surface area contributed by atoms with Crippen molar-refractivity contribution in [3.63, 3.8) is 0 Å². The van der Waals surface area contributed by atoms with E-state index >= 15 is 0 Å². The maximum atomic E-state index is 8.83. The van der Waals surface area contributed by atoms with Crippen molar-refractivity contribution in [2.24, 2.45) is 0 Å². The van der Waals surface area contributed by atoms with Gasteiger partial charge in [-0.15, -0.1) is 0 Å². The lowest BCUT2D eigenvalue weighted by molar-refractivity contribution is 0.0384. The highest BCUT2D eigenvalue weighted by Gasteiger charge is 2.09. The first-order valence-corrected chi connectivity index (χ1v) is 6.80. The van der Waals surface area contributed by atoms with Crippen LogP contribution in [0.4, 0.5) is 0 Å². The minimum absolute atomic E-state index is 0.731. The van der Waals surface area contributed by atoms with Crippen molar-refractivity contribution in [3.8, 4) is 6.07 Å². The molecule has 102 valence electrons. The molecule has 0 atom stereocenters. The highest BCUT2D eigenvalue weighted by atomic mass is 16.5. The van der Waals surface area contributed by atoms with E-state index in [9.17, 15) is 0 Å². The summed E-state index contributed by atoms with van der Waals surface area (Å²) < 4.78 is 5.32. The Morgan fingerprint density at radius 1 is 1.37 bits per heavy atom. The number of benzene rings is 1. The summed E-state index contributed by atoms with van der Waals surface area (Å²) in [6, 6.07) is 8.03. The molecule has 0 unspecified atom stereocenters. The number of aryl methyl sites for hydroxylation is 1. The van der Waals surface area contributed by atoms with Crippen molar-refractivity contribution in [2.45, 2.75) is 13.5 Å². The Morgan fingerprint density at radius 3 is 2.84 bits per heavy atom. The molecule has 0 aromatic heterocycles. The average molecular weight is 259 g/mol. The van der Waals surface area contributed by atoms with Gasteiger partial charge in [0.25, 0.3) is 0 Å². The number of rotatable bonds is 5. The number of ether oxygens (including phenoxy) is 1. The average Bonchev–Trinajstić information content (AvgIpc) is 2.46. The van der Waals surface area contributed by atoms with E-state index in [0.29, 0.717) is 0 Å². The second kappa shape index (κ2) is 7.25. The van der Waals surface area contributed by atoms with Crippen LogP contribution in [0.3, 0.4) is 0 Å². The van der Waals surface area contributed by atoms with Gasteiger partial charge in [0.15, 0.2) is 0 Å². The Kier molecular flexibility index (Phi) is 5.34. The Morgan fingerprint density at radius 2 is 2.16 bits per heavy atom. The van der Waals surface area contributed by atoms with Crippen LogP contribution in [-0.2, 0) is 11.3 Å². The fourth-order valence-electron chi connectivity index (χ4n) is 2.25. The summed E-state index contributed by atoms with van der Waals surface area (Å²) in [6.07, 6.45) is 0. The molecule has 1 aromatic carbocycles. The summed E-state index contributed by atoms with van der Waals surface area (Å²) in [5.41, 5.74) is 3.17. The van der Waals surface area contributed by atoms with Crippen molar-refractivity contribution >= 4 is 0 Å². The lowest BCUT2D eigenvalue weighted by Gasteiger charge is -2.26. The molecule has 1 aromatic rings. The smallest absolute Gasteiger partial charge is 0.0991 e. The summed E-state index contributed by atoms with van der Waals surface area (Å²) in [4.78, 5) is 2.42. The lowest BCUT2D eigenvalue weighted by atomic mass is 10.1. The molecule has 0 radical (unpaired) electrons. The first-order valence-electron chi connectivity index (χ1n) is 6.80. The first kappa shape index (κ1) is 14.0. The van der Waals surface area contributed by atoms with E-state index in [1.807, 2.05) is 18.2 Å². The van der Waals surface area contributed by atoms with Crippen LogP contribution in [0, 0.1) is 18.3 Å². The quantitative estimate of drug-likeness (QED) is 0.810. The van der Waals surface area contributed by atoms with Crippen LogP contribution in [0.5, 0.6) is 0 Å². The third-order valence-electron chi connectivity index (χ3n) is 3.50. The molecule has 1 heterocycles. The highest BCUT2D eigenvalue weighted by molar-refractivity contribution is 5.37. The van der Waals surface area contributed by atoms with Crippen molar-refractivity contribution in [1.29, 1.82) is 5.26 Å². The first-order chi connectivity index (χ1) is 9.29. The Labute approximate surface area is 115 Å². The Bertz CT molecular complexity index is 447. The SMILES string of the molecule is Cc1cc(C#N)ccc1CNCCN1CCOCC1. The second-order valence-electron chi connectivity index (χ2n) is 4.88. The number of nitriles is 1. The molecule has 0 amide bonds. The zero-order chi connectivity index (χ0) is 13.5. The van der Waals surface area contributed by atoms with Gasteiger partial charge >= 0.3 is 0 Å². The summed E-state index contributed by atoms with van der Waals surface area (Å²) in [5, 5.41) is 12.3. The zero-order valence-corrected chi connectivity index (χ0v) is 11.5. The molecule has 0 saturated carbocycles. The van der Waals surface area contributed by atoms with Crippen molar-refractivity contribution in [1.82, 2.24) is 10.2 Å². The number of nitrogens with one attached hydrogen (secondary N) is 1. The number of morpholine rings is 1. The maximum Gasteiger partial charge on any atom is 0.0991 e. The van der Waals surface area contributed by atoms with Crippen LogP contribution < -0.4 is 5.32 Å². The van der Waals surface area contributed by atoms with Crippen LogP contribution in [0.1, 0.15) is 16.7 Å². The summed E-state index contributed by atoms with van der Waals surface area (Å²) >= 11 is 0. The number of nitrogens with zero attached hydrogens (tertiary/aromatic N) is 2. The normalized spacial score (nSPS) is 16.2. The molecule has 1 fully saturated rings. The summed E-state index contributed by atoms with van der Waals surface area (Å²) in [6.45, 7) is 8.76. The standard InChI is InChI=1S/C15H21N3O/c1-13-10-14(11-16)2-3-15(13)12-17-4-5-18-6-8-19-9-7-18/h2-3,10,17H,4-9,12H2,1H3.